The third-order valence-electron chi connectivity index (χ3n) is 4.50. The predicted molar refractivity (Wildman–Crippen MR) is 109 cm³/mol. The predicted octanol–water partition coefficient (Wildman–Crippen LogP) is 2.80. The molecule has 0 radical (unpaired) electrons. The molecule has 0 saturated heterocycles. The summed E-state index contributed by atoms with van der Waals surface area (Å²) >= 11 is 1.31. The monoisotopic (exact) mass is 389 g/mol. The van der Waals surface area contributed by atoms with Gasteiger partial charge in [0.05, 0.1) is 17.2 Å². The molecule has 0 fully saturated rings. The summed E-state index contributed by atoms with van der Waals surface area (Å²) in [5.74, 6) is 2.00. The number of hydrogen-bond donors (Lipinski definition) is 0. The second kappa shape index (κ2) is 6.61. The molecule has 0 saturated carbocycles. The molecule has 6 nitrogen and oxygen atoms in total. The fourth-order valence-corrected chi connectivity index (χ4v) is 4.09. The van der Waals surface area contributed by atoms with Crippen LogP contribution in [0.2, 0.25) is 0 Å². The highest BCUT2D eigenvalue weighted by molar-refractivity contribution is 7.15. The van der Waals surface area contributed by atoms with Crippen LogP contribution in [0.4, 0.5) is 0 Å². The first-order valence-electron chi connectivity index (χ1n) is 8.70. The molecule has 1 aliphatic rings. The molecule has 0 atom stereocenters. The van der Waals surface area contributed by atoms with Gasteiger partial charge >= 0.3 is 0 Å². The van der Waals surface area contributed by atoms with E-state index in [1.165, 1.54) is 15.9 Å². The quantitative estimate of drug-likeness (QED) is 0.539. The number of ether oxygens (including phenoxy) is 2. The van der Waals surface area contributed by atoms with Crippen molar-refractivity contribution in [3.05, 3.63) is 74.6 Å². The van der Waals surface area contributed by atoms with E-state index in [2.05, 4.69) is 10.1 Å². The molecular formula is C21H15N3O3S. The summed E-state index contributed by atoms with van der Waals surface area (Å²) in [5.41, 5.74) is 2.51. The first-order chi connectivity index (χ1) is 13.7. The number of aromatic nitrogens is 3. The van der Waals surface area contributed by atoms with Crippen LogP contribution in [0.25, 0.3) is 28.5 Å². The van der Waals surface area contributed by atoms with Gasteiger partial charge in [0, 0.05) is 5.56 Å². The summed E-state index contributed by atoms with van der Waals surface area (Å²) in [7, 11) is 1.60. The van der Waals surface area contributed by atoms with Crippen LogP contribution in [-0.2, 0) is 0 Å². The van der Waals surface area contributed by atoms with Gasteiger partial charge in [-0.25, -0.2) is 0 Å². The summed E-state index contributed by atoms with van der Waals surface area (Å²) in [6, 6.07) is 15.3. The van der Waals surface area contributed by atoms with Gasteiger partial charge in [-0.15, -0.1) is 5.10 Å². The second-order valence-electron chi connectivity index (χ2n) is 6.29. The molecule has 7 heteroatoms. The highest BCUT2D eigenvalue weighted by atomic mass is 32.1. The highest BCUT2D eigenvalue weighted by Crippen LogP contribution is 2.28. The Morgan fingerprint density at radius 1 is 1.18 bits per heavy atom. The maximum Gasteiger partial charge on any atom is 0.291 e. The molecular weight excluding hydrogens is 374 g/mol. The largest absolute Gasteiger partial charge is 0.496 e. The molecule has 0 N–H and O–H groups in total. The van der Waals surface area contributed by atoms with Crippen LogP contribution < -0.4 is 19.6 Å². The lowest BCUT2D eigenvalue weighted by Gasteiger charge is -2.15. The van der Waals surface area contributed by atoms with Crippen molar-refractivity contribution < 1.29 is 9.47 Å². The number of fused-ring (bicyclic) bond motifs is 2. The Kier molecular flexibility index (Phi) is 3.95. The van der Waals surface area contributed by atoms with Crippen molar-refractivity contribution in [3.8, 4) is 22.9 Å². The lowest BCUT2D eigenvalue weighted by molar-refractivity contribution is 0.352. The van der Waals surface area contributed by atoms with E-state index >= 15 is 0 Å². The van der Waals surface area contributed by atoms with Crippen LogP contribution in [0.1, 0.15) is 5.56 Å². The smallest absolute Gasteiger partial charge is 0.291 e. The van der Waals surface area contributed by atoms with E-state index in [1.54, 1.807) is 7.11 Å². The SMILES string of the molecule is COc1ccccc1-c1nc2sc(=CC3=Cc4ccccc4OC3)c(=O)n2n1. The van der Waals surface area contributed by atoms with E-state index in [9.17, 15) is 4.79 Å². The lowest BCUT2D eigenvalue weighted by atomic mass is 10.1. The first kappa shape index (κ1) is 16.7. The molecule has 0 bridgehead atoms. The number of benzene rings is 2. The van der Waals surface area contributed by atoms with Crippen LogP contribution >= 0.6 is 11.3 Å². The van der Waals surface area contributed by atoms with Gasteiger partial charge in [0.25, 0.3) is 5.56 Å². The maximum absolute atomic E-state index is 12.8. The Balaban J connectivity index is 1.57. The van der Waals surface area contributed by atoms with E-state index in [0.29, 0.717) is 27.7 Å². The van der Waals surface area contributed by atoms with Gasteiger partial charge in [-0.2, -0.15) is 9.50 Å². The van der Waals surface area contributed by atoms with Gasteiger partial charge < -0.3 is 9.47 Å². The van der Waals surface area contributed by atoms with Crippen LogP contribution in [0.5, 0.6) is 11.5 Å². The van der Waals surface area contributed by atoms with Crippen LogP contribution in [0, 0.1) is 0 Å². The van der Waals surface area contributed by atoms with Crippen LogP contribution in [0.15, 0.2) is 58.9 Å². The zero-order valence-electron chi connectivity index (χ0n) is 15.0. The van der Waals surface area contributed by atoms with Gasteiger partial charge in [-0.1, -0.05) is 41.7 Å². The molecule has 2 aromatic heterocycles. The number of rotatable bonds is 3. The molecule has 0 spiro atoms. The third kappa shape index (κ3) is 2.76. The average Bonchev–Trinajstić information content (AvgIpc) is 3.27. The fraction of sp³-hybridized carbons (Fsp3) is 0.0952. The van der Waals surface area contributed by atoms with Crippen molar-refractivity contribution >= 4 is 28.4 Å². The zero-order valence-corrected chi connectivity index (χ0v) is 15.8. The Morgan fingerprint density at radius 2 is 2.00 bits per heavy atom. The van der Waals surface area contributed by atoms with Crippen LogP contribution in [-0.4, -0.2) is 28.3 Å². The summed E-state index contributed by atoms with van der Waals surface area (Å²) in [5, 5.41) is 4.39. The molecule has 0 unspecified atom stereocenters. The molecule has 1 aliphatic heterocycles. The molecule has 2 aromatic carbocycles. The minimum absolute atomic E-state index is 0.187. The fourth-order valence-electron chi connectivity index (χ4n) is 3.16. The van der Waals surface area contributed by atoms with Crippen molar-refractivity contribution in [2.24, 2.45) is 0 Å². The maximum atomic E-state index is 12.8. The van der Waals surface area contributed by atoms with Crippen molar-refractivity contribution in [3.63, 3.8) is 0 Å². The van der Waals surface area contributed by atoms with E-state index in [1.807, 2.05) is 60.7 Å². The van der Waals surface area contributed by atoms with Gasteiger partial charge in [-0.3, -0.25) is 4.79 Å². The lowest BCUT2D eigenvalue weighted by Crippen LogP contribution is -2.24. The van der Waals surface area contributed by atoms with E-state index < -0.39 is 0 Å². The minimum atomic E-state index is -0.187. The topological polar surface area (TPSA) is 65.7 Å². The summed E-state index contributed by atoms with van der Waals surface area (Å²) in [6.07, 6.45) is 3.89. The Hall–Kier alpha value is -3.45. The Morgan fingerprint density at radius 3 is 2.86 bits per heavy atom. The van der Waals surface area contributed by atoms with Gasteiger partial charge in [0.1, 0.15) is 18.1 Å². The molecule has 138 valence electrons. The standard InChI is InChI=1S/C21H15N3O3S/c1-26-17-9-5-3-7-15(17)19-22-21-24(23-19)20(25)18(28-21)11-13-10-14-6-2-4-8-16(14)27-12-13/h2-11H,12H2,1H3. The van der Waals surface area contributed by atoms with E-state index in [-0.39, 0.29) is 5.56 Å². The number of para-hydroxylation sites is 2. The van der Waals surface area contributed by atoms with Crippen LogP contribution in [0.3, 0.4) is 0 Å². The van der Waals surface area contributed by atoms with Crippen molar-refractivity contribution in [2.45, 2.75) is 0 Å². The highest BCUT2D eigenvalue weighted by Gasteiger charge is 2.15. The molecule has 0 aliphatic carbocycles. The summed E-state index contributed by atoms with van der Waals surface area (Å²) in [6.45, 7) is 0.427. The summed E-state index contributed by atoms with van der Waals surface area (Å²) < 4.78 is 13.0. The first-order valence-corrected chi connectivity index (χ1v) is 9.52. The number of thiazole rings is 1. The molecule has 5 rings (SSSR count). The molecule has 0 amide bonds. The Bertz CT molecular complexity index is 1340. The van der Waals surface area contributed by atoms with Crippen molar-refractivity contribution in [1.29, 1.82) is 0 Å². The number of nitrogens with zero attached hydrogens (tertiary/aromatic N) is 3. The van der Waals surface area contributed by atoms with Gasteiger partial charge in [0.2, 0.25) is 4.96 Å². The second-order valence-corrected chi connectivity index (χ2v) is 7.30. The third-order valence-corrected chi connectivity index (χ3v) is 5.46. The van der Waals surface area contributed by atoms with Gasteiger partial charge in [0.15, 0.2) is 5.82 Å². The van der Waals surface area contributed by atoms with Gasteiger partial charge in [-0.05, 0) is 35.9 Å². The molecule has 28 heavy (non-hydrogen) atoms. The Labute approximate surface area is 164 Å². The number of methoxy groups -OCH3 is 1. The minimum Gasteiger partial charge on any atom is -0.496 e. The van der Waals surface area contributed by atoms with Crippen molar-refractivity contribution in [1.82, 2.24) is 14.6 Å². The molecule has 3 heterocycles. The van der Waals surface area contributed by atoms with E-state index in [4.69, 9.17) is 9.47 Å². The molecule has 4 aromatic rings. The normalized spacial score (nSPS) is 13.9. The average molecular weight is 389 g/mol. The zero-order chi connectivity index (χ0) is 19.1. The van der Waals surface area contributed by atoms with Crippen molar-refractivity contribution in [2.75, 3.05) is 13.7 Å². The summed E-state index contributed by atoms with van der Waals surface area (Å²) in [4.78, 5) is 17.9. The van der Waals surface area contributed by atoms with E-state index in [0.717, 1.165) is 22.4 Å². The number of hydrogen-bond acceptors (Lipinski definition) is 6.